The third-order valence-electron chi connectivity index (χ3n) is 6.62. The highest BCUT2D eigenvalue weighted by Crippen LogP contribution is 2.52. The average molecular weight is 422 g/mol. The van der Waals surface area contributed by atoms with E-state index in [1.807, 2.05) is 0 Å². The summed E-state index contributed by atoms with van der Waals surface area (Å²) in [5, 5.41) is 1.77. The second kappa shape index (κ2) is 6.76. The third kappa shape index (κ3) is 2.79. The fourth-order valence-corrected chi connectivity index (χ4v) is 7.72. The highest BCUT2D eigenvalue weighted by atomic mass is 32.2. The predicted molar refractivity (Wildman–Crippen MR) is 104 cm³/mol. The van der Waals surface area contributed by atoms with E-state index in [1.54, 1.807) is 17.5 Å². The molecule has 28 heavy (non-hydrogen) atoms. The second-order valence-electron chi connectivity index (χ2n) is 8.01. The monoisotopic (exact) mass is 421 g/mol. The minimum atomic E-state index is -3.41. The van der Waals surface area contributed by atoms with Crippen LogP contribution >= 0.6 is 11.3 Å². The molecule has 2 aliphatic heterocycles. The van der Waals surface area contributed by atoms with E-state index in [9.17, 15) is 18.0 Å². The van der Waals surface area contributed by atoms with Gasteiger partial charge in [0.25, 0.3) is 10.0 Å². The van der Waals surface area contributed by atoms with Crippen molar-refractivity contribution in [1.82, 2.24) is 14.1 Å². The predicted octanol–water partition coefficient (Wildman–Crippen LogP) is 0.862. The summed E-state index contributed by atoms with van der Waals surface area (Å²) in [6.07, 6.45) is 5.16. The van der Waals surface area contributed by atoms with Gasteiger partial charge in [-0.1, -0.05) is 18.2 Å². The zero-order valence-corrected chi connectivity index (χ0v) is 17.1. The number of nitrogens with zero attached hydrogens (tertiary/aromatic N) is 3. The molecule has 3 fully saturated rings. The first-order chi connectivity index (χ1) is 13.5. The van der Waals surface area contributed by atoms with Crippen molar-refractivity contribution < 1.29 is 18.0 Å². The first-order valence-electron chi connectivity index (χ1n) is 9.76. The third-order valence-corrected chi connectivity index (χ3v) is 9.89. The lowest BCUT2D eigenvalue weighted by Gasteiger charge is -2.34. The molecule has 4 atom stereocenters. The molecule has 2 bridgehead atoms. The molecule has 2 aliphatic carbocycles. The van der Waals surface area contributed by atoms with Gasteiger partial charge >= 0.3 is 0 Å². The van der Waals surface area contributed by atoms with Crippen molar-refractivity contribution in [2.24, 2.45) is 23.7 Å². The van der Waals surface area contributed by atoms with Crippen molar-refractivity contribution in [3.8, 4) is 0 Å². The Kier molecular flexibility index (Phi) is 4.46. The Bertz CT molecular complexity index is 889. The Hall–Kier alpha value is -1.55. The maximum atomic E-state index is 12.7. The van der Waals surface area contributed by atoms with Crippen molar-refractivity contribution in [2.75, 3.05) is 39.3 Å². The number of likely N-dealkylation sites (tertiary alicyclic amines) is 1. The fourth-order valence-electron chi connectivity index (χ4n) is 5.16. The molecule has 9 heteroatoms. The molecule has 150 valence electrons. The van der Waals surface area contributed by atoms with Crippen LogP contribution in [0.5, 0.6) is 0 Å². The van der Waals surface area contributed by atoms with Crippen molar-refractivity contribution in [3.05, 3.63) is 29.7 Å². The molecule has 1 aromatic heterocycles. The molecular weight excluding hydrogens is 398 g/mol. The molecule has 4 unspecified atom stereocenters. The van der Waals surface area contributed by atoms with Gasteiger partial charge < -0.3 is 0 Å². The number of rotatable bonds is 5. The Morgan fingerprint density at radius 3 is 2.18 bits per heavy atom. The van der Waals surface area contributed by atoms with Crippen molar-refractivity contribution in [2.45, 2.75) is 10.6 Å². The van der Waals surface area contributed by atoms with E-state index in [2.05, 4.69) is 17.1 Å². The number of fused-ring (bicyclic) bond motifs is 5. The second-order valence-corrected chi connectivity index (χ2v) is 11.1. The summed E-state index contributed by atoms with van der Waals surface area (Å²) in [6, 6.07) is 3.38. The summed E-state index contributed by atoms with van der Waals surface area (Å²) >= 11 is 1.24. The minimum absolute atomic E-state index is 0.00856. The van der Waals surface area contributed by atoms with E-state index in [1.165, 1.54) is 20.5 Å². The zero-order valence-electron chi connectivity index (χ0n) is 15.4. The molecule has 4 aliphatic rings. The number of hydrogen-bond donors (Lipinski definition) is 0. The number of piperazine rings is 1. The number of amides is 2. The zero-order chi connectivity index (χ0) is 19.5. The van der Waals surface area contributed by atoms with Gasteiger partial charge in [0.1, 0.15) is 4.21 Å². The normalized spacial score (nSPS) is 33.2. The Morgan fingerprint density at radius 1 is 0.964 bits per heavy atom. The van der Waals surface area contributed by atoms with E-state index in [4.69, 9.17) is 0 Å². The summed E-state index contributed by atoms with van der Waals surface area (Å²) in [7, 11) is -3.41. The van der Waals surface area contributed by atoms with Crippen LogP contribution in [0.2, 0.25) is 0 Å². The van der Waals surface area contributed by atoms with Gasteiger partial charge in [0.2, 0.25) is 11.8 Å². The largest absolute Gasteiger partial charge is 0.299 e. The van der Waals surface area contributed by atoms with E-state index in [0.717, 1.165) is 6.42 Å². The van der Waals surface area contributed by atoms with E-state index in [-0.39, 0.29) is 35.5 Å². The lowest BCUT2D eigenvalue weighted by atomic mass is 9.85. The molecule has 2 amide bonds. The Labute approximate surface area is 168 Å². The van der Waals surface area contributed by atoms with Crippen molar-refractivity contribution >= 4 is 33.2 Å². The number of allylic oxidation sites excluding steroid dienone is 2. The van der Waals surface area contributed by atoms with Gasteiger partial charge in [-0.3, -0.25) is 19.4 Å². The summed E-state index contributed by atoms with van der Waals surface area (Å²) in [5.74, 6) is 0.173. The van der Waals surface area contributed by atoms with Gasteiger partial charge in [0.05, 0.1) is 11.8 Å². The van der Waals surface area contributed by atoms with Gasteiger partial charge in [-0.05, 0) is 29.7 Å². The quantitative estimate of drug-likeness (QED) is 0.521. The molecule has 3 heterocycles. The topological polar surface area (TPSA) is 78.0 Å². The van der Waals surface area contributed by atoms with E-state index < -0.39 is 10.0 Å². The Balaban J connectivity index is 1.16. The SMILES string of the molecule is O=C1C2C3C=CC(C3)C2C(=O)N1CCN1CCN(S(=O)(=O)c2cccs2)CC1. The number of hydrogen-bond acceptors (Lipinski definition) is 6. The van der Waals surface area contributed by atoms with Crippen molar-refractivity contribution in [3.63, 3.8) is 0 Å². The number of carbonyl (C=O) groups is 2. The molecule has 0 aromatic carbocycles. The molecule has 0 spiro atoms. The smallest absolute Gasteiger partial charge is 0.252 e. The van der Waals surface area contributed by atoms with Crippen LogP contribution in [0.4, 0.5) is 0 Å². The summed E-state index contributed by atoms with van der Waals surface area (Å²) in [6.45, 7) is 3.10. The first-order valence-corrected chi connectivity index (χ1v) is 12.1. The maximum absolute atomic E-state index is 12.7. The van der Waals surface area contributed by atoms with Gasteiger partial charge in [-0.15, -0.1) is 11.3 Å². The highest BCUT2D eigenvalue weighted by Gasteiger charge is 2.59. The average Bonchev–Trinajstić information content (AvgIpc) is 3.47. The number of thiophene rings is 1. The minimum Gasteiger partial charge on any atom is -0.299 e. The number of carbonyl (C=O) groups excluding carboxylic acids is 2. The number of imide groups is 1. The van der Waals surface area contributed by atoms with Crippen LogP contribution in [-0.2, 0) is 19.6 Å². The van der Waals surface area contributed by atoms with Gasteiger partial charge in [0.15, 0.2) is 0 Å². The summed E-state index contributed by atoms with van der Waals surface area (Å²) in [4.78, 5) is 29.1. The molecular formula is C19H23N3O4S2. The first kappa shape index (κ1) is 18.5. The van der Waals surface area contributed by atoms with Crippen LogP contribution in [0.15, 0.2) is 33.9 Å². The molecule has 0 N–H and O–H groups in total. The van der Waals surface area contributed by atoms with Crippen LogP contribution in [0.25, 0.3) is 0 Å². The molecule has 1 aromatic rings. The van der Waals surface area contributed by atoms with Crippen LogP contribution in [0.1, 0.15) is 6.42 Å². The van der Waals surface area contributed by atoms with Crippen LogP contribution in [0.3, 0.4) is 0 Å². The molecule has 7 nitrogen and oxygen atoms in total. The molecule has 0 radical (unpaired) electrons. The number of sulfonamides is 1. The lowest BCUT2D eigenvalue weighted by Crippen LogP contribution is -2.50. The Morgan fingerprint density at radius 2 is 1.61 bits per heavy atom. The summed E-state index contributed by atoms with van der Waals surface area (Å²) in [5.41, 5.74) is 0. The van der Waals surface area contributed by atoms with Gasteiger partial charge in [-0.2, -0.15) is 4.31 Å². The van der Waals surface area contributed by atoms with Crippen LogP contribution < -0.4 is 0 Å². The van der Waals surface area contributed by atoms with Crippen LogP contribution in [0, 0.1) is 23.7 Å². The standard InChI is InChI=1S/C19H23N3O4S2/c23-18-16-13-3-4-14(12-13)17(16)19(24)22(18)10-7-20-5-8-21(9-6-20)28(25,26)15-2-1-11-27-15/h1-4,11,13-14,16-17H,5-10,12H2. The van der Waals surface area contributed by atoms with Crippen molar-refractivity contribution in [1.29, 1.82) is 0 Å². The molecule has 2 saturated heterocycles. The van der Waals surface area contributed by atoms with Gasteiger partial charge in [0, 0.05) is 39.3 Å². The molecule has 1 saturated carbocycles. The molecule has 5 rings (SSSR count). The maximum Gasteiger partial charge on any atom is 0.252 e. The lowest BCUT2D eigenvalue weighted by molar-refractivity contribution is -0.140. The van der Waals surface area contributed by atoms with Gasteiger partial charge in [-0.25, -0.2) is 8.42 Å². The summed E-state index contributed by atoms with van der Waals surface area (Å²) < 4.78 is 27.1. The van der Waals surface area contributed by atoms with E-state index in [0.29, 0.717) is 43.5 Å². The van der Waals surface area contributed by atoms with Crippen LogP contribution in [-0.4, -0.2) is 73.6 Å². The fraction of sp³-hybridized carbons (Fsp3) is 0.579. The van der Waals surface area contributed by atoms with E-state index >= 15 is 0 Å². The highest BCUT2D eigenvalue weighted by molar-refractivity contribution is 7.91.